The van der Waals surface area contributed by atoms with Crippen molar-refractivity contribution >= 4 is 19.8 Å². The Morgan fingerprint density at radius 2 is 0.620 bits per heavy atom. The van der Waals surface area contributed by atoms with E-state index in [2.05, 4.69) is 148 Å². The van der Waals surface area contributed by atoms with Gasteiger partial charge in [0.25, 0.3) is 0 Å². The molecule has 528 valence electrons. The number of carbonyl (C=O) groups excluding carboxylic acids is 2. The second kappa shape index (κ2) is 71.4. The molecule has 9 nitrogen and oxygen atoms in total. The maximum atomic E-state index is 12.9. The fraction of sp³-hybridized carbons (Fsp3) is 0.707. The van der Waals surface area contributed by atoms with Crippen molar-refractivity contribution in [2.45, 2.75) is 328 Å². The number of phosphoric acid groups is 1. The van der Waals surface area contributed by atoms with Gasteiger partial charge in [0.1, 0.15) is 19.8 Å². The van der Waals surface area contributed by atoms with Gasteiger partial charge in [-0.15, -0.1) is 0 Å². The Morgan fingerprint density at radius 3 is 0.935 bits per heavy atom. The van der Waals surface area contributed by atoms with E-state index >= 15 is 0 Å². The van der Waals surface area contributed by atoms with Gasteiger partial charge in [-0.25, -0.2) is 4.57 Å². The second-order valence-electron chi connectivity index (χ2n) is 26.3. The number of rotatable bonds is 69. The number of likely N-dealkylation sites (N-methyl/N-ethyl adjacent to an activating group) is 1. The van der Waals surface area contributed by atoms with E-state index in [0.29, 0.717) is 17.4 Å². The Morgan fingerprint density at radius 1 is 0.348 bits per heavy atom. The van der Waals surface area contributed by atoms with Crippen molar-refractivity contribution in [3.05, 3.63) is 134 Å². The molecule has 0 aromatic rings. The standard InChI is InChI=1S/C82H142NO8P/c1-6-8-10-12-14-16-18-20-22-24-26-28-30-32-34-36-38-40-41-43-45-47-49-51-53-55-57-59-61-63-65-67-69-71-73-75-82(85)91-80(79-90-92(86,87)89-77-76-83(3,4)5)78-88-81(84)74-72-70-68-66-64-62-60-58-56-54-52-50-48-46-44-42-39-37-35-33-31-29-27-25-23-21-19-17-15-13-11-9-7-2/h8,10,14,16,20,22,25-28,32,34,38,40,43,45,49,51,55,57,61,63,80H,6-7,9,11-13,15,17-19,21,23-24,29-31,33,35-37,39,41-42,44,46-48,50,52-54,56,58-60,62,64-79H2,1-5H3/p+1/b10-8-,16-14-,22-20-,27-25-,28-26-,34-32-,40-38-,45-43-,51-49-,57-55-,63-61-. The van der Waals surface area contributed by atoms with Crippen LogP contribution in [0.4, 0.5) is 0 Å². The van der Waals surface area contributed by atoms with Crippen LogP contribution in [0.2, 0.25) is 0 Å². The largest absolute Gasteiger partial charge is 0.472 e. The molecule has 92 heavy (non-hydrogen) atoms. The average Bonchev–Trinajstić information content (AvgIpc) is 2.14. The topological polar surface area (TPSA) is 108 Å². The van der Waals surface area contributed by atoms with Crippen LogP contribution in [0.3, 0.4) is 0 Å². The number of unbranched alkanes of at least 4 members (excludes halogenated alkanes) is 33. The molecule has 10 heteroatoms. The minimum Gasteiger partial charge on any atom is -0.462 e. The molecule has 0 aromatic heterocycles. The molecule has 0 fully saturated rings. The molecule has 0 aliphatic carbocycles. The summed E-state index contributed by atoms with van der Waals surface area (Å²) in [6.45, 7) is 4.31. The summed E-state index contributed by atoms with van der Waals surface area (Å²) in [6, 6.07) is 0. The summed E-state index contributed by atoms with van der Waals surface area (Å²) in [5.41, 5.74) is 0. The average molecular weight is 1300 g/mol. The first-order valence-electron chi connectivity index (χ1n) is 37.9. The lowest BCUT2D eigenvalue weighted by Gasteiger charge is -2.24. The highest BCUT2D eigenvalue weighted by molar-refractivity contribution is 7.47. The van der Waals surface area contributed by atoms with E-state index in [4.69, 9.17) is 18.5 Å². The zero-order chi connectivity index (χ0) is 66.9. The third-order valence-electron chi connectivity index (χ3n) is 16.2. The molecule has 0 saturated carbocycles. The molecule has 2 atom stereocenters. The van der Waals surface area contributed by atoms with Gasteiger partial charge < -0.3 is 18.9 Å². The zero-order valence-corrected chi connectivity index (χ0v) is 61.1. The SMILES string of the molecule is CC/C=C\C/C=C\C/C=C\C/C=C\C/C=C\C/C=C\C/C=C\C/C=C\C/C=C\C/C=C\CCCCCCC(=O)OC(COC(=O)CCCCCCCCCCCCCCCCCCCCCCC/C=C\CCCCCCCCCC)COP(=O)(O)OCC[N+](C)(C)C. The van der Waals surface area contributed by atoms with Crippen molar-refractivity contribution in [3.63, 3.8) is 0 Å². The lowest BCUT2D eigenvalue weighted by Crippen LogP contribution is -2.37. The summed E-state index contributed by atoms with van der Waals surface area (Å²) < 4.78 is 34.7. The third kappa shape index (κ3) is 75.2. The van der Waals surface area contributed by atoms with Crippen LogP contribution in [-0.2, 0) is 32.7 Å². The quantitative estimate of drug-likeness (QED) is 0.0211. The highest BCUT2D eigenvalue weighted by Gasteiger charge is 2.27. The van der Waals surface area contributed by atoms with E-state index < -0.39 is 26.5 Å². The van der Waals surface area contributed by atoms with Crippen molar-refractivity contribution in [1.29, 1.82) is 0 Å². The van der Waals surface area contributed by atoms with Crippen LogP contribution in [0.15, 0.2) is 134 Å². The molecule has 0 aliphatic rings. The van der Waals surface area contributed by atoms with Crippen LogP contribution in [0.5, 0.6) is 0 Å². The molecule has 1 N–H and O–H groups in total. The molecule has 0 radical (unpaired) electrons. The fourth-order valence-electron chi connectivity index (χ4n) is 10.4. The Labute approximate surface area is 568 Å². The van der Waals surface area contributed by atoms with E-state index in [0.717, 1.165) is 109 Å². The number of hydrogen-bond acceptors (Lipinski definition) is 7. The lowest BCUT2D eigenvalue weighted by atomic mass is 10.0. The van der Waals surface area contributed by atoms with Crippen LogP contribution in [-0.4, -0.2) is 74.9 Å². The van der Waals surface area contributed by atoms with E-state index in [1.807, 2.05) is 21.1 Å². The van der Waals surface area contributed by atoms with E-state index in [9.17, 15) is 19.0 Å². The Hall–Kier alpha value is -3.85. The van der Waals surface area contributed by atoms with Crippen molar-refractivity contribution < 1.29 is 42.1 Å². The first-order chi connectivity index (χ1) is 45.0. The predicted octanol–water partition coefficient (Wildman–Crippen LogP) is 25.2. The van der Waals surface area contributed by atoms with Crippen LogP contribution >= 0.6 is 7.82 Å². The monoisotopic (exact) mass is 1300 g/mol. The summed E-state index contributed by atoms with van der Waals surface area (Å²) in [7, 11) is 1.45. The molecular formula is C82H143NO8P+. The number of quaternary nitrogens is 1. The zero-order valence-electron chi connectivity index (χ0n) is 60.2. The first kappa shape index (κ1) is 88.2. The van der Waals surface area contributed by atoms with E-state index in [1.165, 1.54) is 180 Å². The molecular weight excluding hydrogens is 1160 g/mol. The summed E-state index contributed by atoms with van der Waals surface area (Å²) in [6.07, 6.45) is 104. The molecule has 0 saturated heterocycles. The van der Waals surface area contributed by atoms with Gasteiger partial charge >= 0.3 is 19.8 Å². The summed E-state index contributed by atoms with van der Waals surface area (Å²) in [4.78, 5) is 35.9. The molecule has 0 rings (SSSR count). The summed E-state index contributed by atoms with van der Waals surface area (Å²) >= 11 is 0. The Balaban J connectivity index is 4.09. The van der Waals surface area contributed by atoms with Crippen molar-refractivity contribution in [2.75, 3.05) is 47.5 Å². The molecule has 0 aromatic carbocycles. The number of phosphoric ester groups is 1. The van der Waals surface area contributed by atoms with Crippen molar-refractivity contribution in [2.24, 2.45) is 0 Å². The van der Waals surface area contributed by atoms with Gasteiger partial charge in [0.15, 0.2) is 6.10 Å². The minimum absolute atomic E-state index is 0.0208. The molecule has 0 bridgehead atoms. The van der Waals surface area contributed by atoms with Crippen LogP contribution in [0.25, 0.3) is 0 Å². The number of esters is 2. The molecule has 2 unspecified atom stereocenters. The van der Waals surface area contributed by atoms with Gasteiger partial charge in [0.2, 0.25) is 0 Å². The van der Waals surface area contributed by atoms with Crippen LogP contribution in [0.1, 0.15) is 322 Å². The molecule has 0 amide bonds. The van der Waals surface area contributed by atoms with Crippen LogP contribution in [0, 0.1) is 0 Å². The van der Waals surface area contributed by atoms with Gasteiger partial charge in [-0.3, -0.25) is 18.6 Å². The Bertz CT molecular complexity index is 2020. The molecule has 0 spiro atoms. The number of ether oxygens (including phenoxy) is 2. The maximum absolute atomic E-state index is 12.9. The van der Waals surface area contributed by atoms with Crippen LogP contribution < -0.4 is 0 Å². The third-order valence-corrected chi connectivity index (χ3v) is 17.1. The van der Waals surface area contributed by atoms with E-state index in [-0.39, 0.29) is 32.0 Å². The predicted molar refractivity (Wildman–Crippen MR) is 399 cm³/mol. The summed E-state index contributed by atoms with van der Waals surface area (Å²) in [5, 5.41) is 0. The van der Waals surface area contributed by atoms with Gasteiger partial charge in [0, 0.05) is 12.8 Å². The van der Waals surface area contributed by atoms with Crippen molar-refractivity contribution in [3.8, 4) is 0 Å². The van der Waals surface area contributed by atoms with Gasteiger partial charge in [-0.05, 0) is 116 Å². The molecule has 0 aliphatic heterocycles. The number of allylic oxidation sites excluding steroid dienone is 22. The van der Waals surface area contributed by atoms with Crippen molar-refractivity contribution in [1.82, 2.24) is 0 Å². The number of carbonyl (C=O) groups is 2. The highest BCUT2D eigenvalue weighted by Crippen LogP contribution is 2.43. The van der Waals surface area contributed by atoms with E-state index in [1.54, 1.807) is 0 Å². The van der Waals surface area contributed by atoms with Gasteiger partial charge in [-0.2, -0.15) is 0 Å². The fourth-order valence-corrected chi connectivity index (χ4v) is 11.1. The first-order valence-corrected chi connectivity index (χ1v) is 39.4. The lowest BCUT2D eigenvalue weighted by molar-refractivity contribution is -0.870. The maximum Gasteiger partial charge on any atom is 0.472 e. The smallest absolute Gasteiger partial charge is 0.462 e. The highest BCUT2D eigenvalue weighted by atomic mass is 31.2. The summed E-state index contributed by atoms with van der Waals surface area (Å²) in [5.74, 6) is -0.824. The number of nitrogens with zero attached hydrogens (tertiary/aromatic N) is 1. The minimum atomic E-state index is -4.41. The number of hydrogen-bond donors (Lipinski definition) is 1. The second-order valence-corrected chi connectivity index (χ2v) is 27.8. The van der Waals surface area contributed by atoms with Gasteiger partial charge in [-0.1, -0.05) is 327 Å². The van der Waals surface area contributed by atoms with Gasteiger partial charge in [0.05, 0.1) is 27.7 Å². The normalized spacial score (nSPS) is 13.8. The molecule has 0 heterocycles. The Kier molecular flexibility index (Phi) is 68.5.